The van der Waals surface area contributed by atoms with Gasteiger partial charge < -0.3 is 4.98 Å². The molecule has 0 radical (unpaired) electrons. The van der Waals surface area contributed by atoms with Crippen molar-refractivity contribution in [2.24, 2.45) is 0 Å². The highest BCUT2D eigenvalue weighted by Gasteiger charge is 2.32. The molecule has 1 atom stereocenters. The van der Waals surface area contributed by atoms with E-state index >= 15 is 0 Å². The van der Waals surface area contributed by atoms with E-state index in [4.69, 9.17) is 0 Å². The second kappa shape index (κ2) is 7.03. The van der Waals surface area contributed by atoms with Gasteiger partial charge in [0.05, 0.1) is 0 Å². The molecule has 0 spiro atoms. The zero-order chi connectivity index (χ0) is 19.0. The number of nitrogens with one attached hydrogen (secondary N) is 1. The van der Waals surface area contributed by atoms with Crippen LogP contribution in [-0.2, 0) is 10.0 Å². The maximum Gasteiger partial charge on any atom is 0.245 e. The normalized spacial score (nSPS) is 18.0. The van der Waals surface area contributed by atoms with Crippen molar-refractivity contribution in [3.05, 3.63) is 60.2 Å². The molecule has 4 rings (SSSR count). The number of benzene rings is 1. The first-order valence-electron chi connectivity index (χ1n) is 8.88. The number of halogens is 1. The number of rotatable bonds is 4. The van der Waals surface area contributed by atoms with Crippen LogP contribution in [0.5, 0.6) is 0 Å². The van der Waals surface area contributed by atoms with Crippen LogP contribution in [0.3, 0.4) is 0 Å². The Hall–Kier alpha value is -2.29. The molecule has 6 nitrogen and oxygen atoms in total. The van der Waals surface area contributed by atoms with Crippen molar-refractivity contribution in [1.29, 1.82) is 0 Å². The van der Waals surface area contributed by atoms with Crippen molar-refractivity contribution in [1.82, 2.24) is 19.2 Å². The Morgan fingerprint density at radius 3 is 2.67 bits per heavy atom. The fraction of sp³-hybridized carbons (Fsp3) is 0.316. The molecule has 2 aromatic heterocycles. The lowest BCUT2D eigenvalue weighted by Gasteiger charge is -2.37. The number of pyridine rings is 1. The minimum absolute atomic E-state index is 0.0304. The van der Waals surface area contributed by atoms with Crippen molar-refractivity contribution in [2.75, 3.05) is 26.2 Å². The molecular weight excluding hydrogens is 367 g/mol. The fourth-order valence-electron chi connectivity index (χ4n) is 3.59. The molecule has 1 aliphatic heterocycles. The third kappa shape index (κ3) is 3.36. The molecular formula is C19H21FN4O2S. The van der Waals surface area contributed by atoms with Gasteiger partial charge in [0, 0.05) is 50.0 Å². The summed E-state index contributed by atoms with van der Waals surface area (Å²) in [7, 11) is -3.59. The number of piperazine rings is 1. The van der Waals surface area contributed by atoms with E-state index in [2.05, 4.69) is 14.9 Å². The number of aromatic amines is 1. The average Bonchev–Trinajstić information content (AvgIpc) is 3.12. The summed E-state index contributed by atoms with van der Waals surface area (Å²) in [6.07, 6.45) is 3.14. The van der Waals surface area contributed by atoms with E-state index in [0.717, 1.165) is 5.56 Å². The van der Waals surface area contributed by atoms with Gasteiger partial charge in [0.25, 0.3) is 0 Å². The summed E-state index contributed by atoms with van der Waals surface area (Å²) in [5.74, 6) is -0.256. The smallest absolute Gasteiger partial charge is 0.245 e. The van der Waals surface area contributed by atoms with E-state index < -0.39 is 10.0 Å². The van der Waals surface area contributed by atoms with Gasteiger partial charge in [0.1, 0.15) is 16.4 Å². The Morgan fingerprint density at radius 1 is 1.15 bits per heavy atom. The van der Waals surface area contributed by atoms with E-state index in [1.807, 2.05) is 13.0 Å². The zero-order valence-corrected chi connectivity index (χ0v) is 15.8. The second-order valence-electron chi connectivity index (χ2n) is 6.72. The SMILES string of the molecule is CC(c1cccc(F)c1)N1CCN(S(=O)(=O)c2c[nH]c3ncccc23)CC1. The molecule has 3 aromatic rings. The first-order valence-corrected chi connectivity index (χ1v) is 10.3. The molecule has 0 amide bonds. The summed E-state index contributed by atoms with van der Waals surface area (Å²) in [5.41, 5.74) is 1.46. The number of fused-ring (bicyclic) bond motifs is 1. The predicted octanol–water partition coefficient (Wildman–Crippen LogP) is 2.77. The van der Waals surface area contributed by atoms with Crippen LogP contribution in [0.4, 0.5) is 4.39 Å². The summed E-state index contributed by atoms with van der Waals surface area (Å²) in [6.45, 7) is 4.00. The van der Waals surface area contributed by atoms with Gasteiger partial charge in [-0.2, -0.15) is 4.31 Å². The van der Waals surface area contributed by atoms with Crippen molar-refractivity contribution < 1.29 is 12.8 Å². The number of hydrogen-bond donors (Lipinski definition) is 1. The lowest BCUT2D eigenvalue weighted by molar-refractivity contribution is 0.145. The summed E-state index contributed by atoms with van der Waals surface area (Å²) >= 11 is 0. The first kappa shape index (κ1) is 18.1. The van der Waals surface area contributed by atoms with Crippen LogP contribution in [0.25, 0.3) is 11.0 Å². The Balaban J connectivity index is 1.50. The third-order valence-corrected chi connectivity index (χ3v) is 7.12. The lowest BCUT2D eigenvalue weighted by atomic mass is 10.1. The summed E-state index contributed by atoms with van der Waals surface area (Å²) in [4.78, 5) is 9.52. The molecule has 1 fully saturated rings. The third-order valence-electron chi connectivity index (χ3n) is 5.18. The Morgan fingerprint density at radius 2 is 1.93 bits per heavy atom. The molecule has 1 aromatic carbocycles. The van der Waals surface area contributed by atoms with Gasteiger partial charge in [-0.15, -0.1) is 0 Å². The van der Waals surface area contributed by atoms with Crippen LogP contribution in [-0.4, -0.2) is 53.8 Å². The van der Waals surface area contributed by atoms with Crippen LogP contribution in [0.1, 0.15) is 18.5 Å². The van der Waals surface area contributed by atoms with E-state index in [1.165, 1.54) is 22.6 Å². The lowest BCUT2D eigenvalue weighted by Crippen LogP contribution is -2.49. The van der Waals surface area contributed by atoms with Crippen molar-refractivity contribution >= 4 is 21.1 Å². The number of nitrogens with zero attached hydrogens (tertiary/aromatic N) is 3. The number of hydrogen-bond acceptors (Lipinski definition) is 4. The first-order chi connectivity index (χ1) is 13.0. The molecule has 1 N–H and O–H groups in total. The topological polar surface area (TPSA) is 69.3 Å². The molecule has 0 bridgehead atoms. The summed E-state index contributed by atoms with van der Waals surface area (Å²) < 4.78 is 41.1. The average molecular weight is 388 g/mol. The summed E-state index contributed by atoms with van der Waals surface area (Å²) in [6, 6.07) is 10.1. The highest BCUT2D eigenvalue weighted by atomic mass is 32.2. The van der Waals surface area contributed by atoms with Gasteiger partial charge >= 0.3 is 0 Å². The van der Waals surface area contributed by atoms with Gasteiger partial charge in [-0.3, -0.25) is 4.90 Å². The van der Waals surface area contributed by atoms with Crippen LogP contribution in [0.2, 0.25) is 0 Å². The van der Waals surface area contributed by atoms with E-state index in [0.29, 0.717) is 37.2 Å². The van der Waals surface area contributed by atoms with E-state index in [-0.39, 0.29) is 16.8 Å². The molecule has 0 aliphatic carbocycles. The Kier molecular flexibility index (Phi) is 4.71. The Bertz CT molecular complexity index is 1060. The molecule has 1 aliphatic rings. The molecule has 1 unspecified atom stereocenters. The van der Waals surface area contributed by atoms with Crippen molar-refractivity contribution in [2.45, 2.75) is 17.9 Å². The number of sulfonamides is 1. The standard InChI is InChI=1S/C19H21FN4O2S/c1-14(15-4-2-5-16(20)12-15)23-8-10-24(11-9-23)27(25,26)18-13-22-19-17(18)6-3-7-21-19/h2-7,12-14H,8-11H2,1H3,(H,21,22). The molecule has 0 saturated carbocycles. The highest BCUT2D eigenvalue weighted by molar-refractivity contribution is 7.89. The molecule has 8 heteroatoms. The number of H-pyrrole nitrogens is 1. The van der Waals surface area contributed by atoms with Crippen LogP contribution < -0.4 is 0 Å². The number of aromatic nitrogens is 2. The second-order valence-corrected chi connectivity index (χ2v) is 8.63. The van der Waals surface area contributed by atoms with Gasteiger partial charge in [0.15, 0.2) is 0 Å². The maximum absolute atomic E-state index is 13.5. The van der Waals surface area contributed by atoms with Crippen molar-refractivity contribution in [3.63, 3.8) is 0 Å². The van der Waals surface area contributed by atoms with E-state index in [1.54, 1.807) is 24.4 Å². The quantitative estimate of drug-likeness (QED) is 0.746. The molecule has 27 heavy (non-hydrogen) atoms. The van der Waals surface area contributed by atoms with Gasteiger partial charge in [-0.1, -0.05) is 12.1 Å². The molecule has 3 heterocycles. The molecule has 142 valence electrons. The predicted molar refractivity (Wildman–Crippen MR) is 101 cm³/mol. The maximum atomic E-state index is 13.5. The van der Waals surface area contributed by atoms with Crippen molar-refractivity contribution in [3.8, 4) is 0 Å². The van der Waals surface area contributed by atoms with Crippen LogP contribution >= 0.6 is 0 Å². The van der Waals surface area contributed by atoms with Gasteiger partial charge in [-0.25, -0.2) is 17.8 Å². The highest BCUT2D eigenvalue weighted by Crippen LogP contribution is 2.27. The summed E-state index contributed by atoms with van der Waals surface area (Å²) in [5, 5.41) is 0.605. The van der Waals surface area contributed by atoms with E-state index in [9.17, 15) is 12.8 Å². The van der Waals surface area contributed by atoms with Crippen LogP contribution in [0.15, 0.2) is 53.7 Å². The van der Waals surface area contributed by atoms with Gasteiger partial charge in [-0.05, 0) is 36.8 Å². The Labute approximate surface area is 157 Å². The fourth-order valence-corrected chi connectivity index (χ4v) is 5.16. The minimum atomic E-state index is -3.59. The van der Waals surface area contributed by atoms with Crippen LogP contribution in [0, 0.1) is 5.82 Å². The zero-order valence-electron chi connectivity index (χ0n) is 15.0. The van der Waals surface area contributed by atoms with Gasteiger partial charge in [0.2, 0.25) is 10.0 Å². The molecule has 1 saturated heterocycles. The monoisotopic (exact) mass is 388 g/mol. The minimum Gasteiger partial charge on any atom is -0.345 e. The largest absolute Gasteiger partial charge is 0.345 e.